The van der Waals surface area contributed by atoms with Gasteiger partial charge in [0.05, 0.1) is 5.56 Å². The minimum absolute atomic E-state index is 0.579. The molecule has 2 heterocycles. The van der Waals surface area contributed by atoms with Crippen molar-refractivity contribution >= 4 is 11.5 Å². The van der Waals surface area contributed by atoms with Gasteiger partial charge in [-0.1, -0.05) is 42.5 Å². The van der Waals surface area contributed by atoms with Gasteiger partial charge < -0.3 is 5.32 Å². The molecule has 0 unspecified atom stereocenters. The predicted molar refractivity (Wildman–Crippen MR) is 109 cm³/mol. The van der Waals surface area contributed by atoms with Gasteiger partial charge in [0.25, 0.3) is 0 Å². The molecule has 0 aliphatic heterocycles. The number of halogens is 3. The number of imidazole rings is 1. The lowest BCUT2D eigenvalue weighted by atomic mass is 10.1. The summed E-state index contributed by atoms with van der Waals surface area (Å²) in [4.78, 5) is 4.73. The number of fused-ring (bicyclic) bond motifs is 1. The molecule has 0 atom stereocenters. The summed E-state index contributed by atoms with van der Waals surface area (Å²) in [6.45, 7) is 4.57. The summed E-state index contributed by atoms with van der Waals surface area (Å²) in [5, 5.41) is 3.43. The second-order valence-electron chi connectivity index (χ2n) is 7.09. The largest absolute Gasteiger partial charge is 0.416 e. The van der Waals surface area contributed by atoms with Crippen LogP contribution in [0, 0.1) is 13.8 Å². The normalized spacial score (nSPS) is 11.8. The Morgan fingerprint density at radius 1 is 0.931 bits per heavy atom. The van der Waals surface area contributed by atoms with Crippen LogP contribution in [0.3, 0.4) is 0 Å². The Hall–Kier alpha value is -3.28. The molecule has 3 nitrogen and oxygen atoms in total. The van der Waals surface area contributed by atoms with E-state index in [4.69, 9.17) is 4.98 Å². The van der Waals surface area contributed by atoms with Crippen molar-refractivity contribution < 1.29 is 13.2 Å². The molecule has 2 aromatic carbocycles. The van der Waals surface area contributed by atoms with Crippen molar-refractivity contribution in [3.05, 3.63) is 89.1 Å². The topological polar surface area (TPSA) is 29.3 Å². The van der Waals surface area contributed by atoms with Crippen LogP contribution in [-0.2, 0) is 12.7 Å². The van der Waals surface area contributed by atoms with Crippen molar-refractivity contribution in [3.63, 3.8) is 0 Å². The number of nitrogens with one attached hydrogen (secondary N) is 1. The van der Waals surface area contributed by atoms with Crippen molar-refractivity contribution in [1.82, 2.24) is 9.38 Å². The number of nitrogens with zero attached hydrogens (tertiary/aromatic N) is 2. The van der Waals surface area contributed by atoms with Gasteiger partial charge in [0, 0.05) is 17.8 Å². The molecule has 1 N–H and O–H groups in total. The molecule has 6 heteroatoms. The molecular formula is C23H20F3N3. The van der Waals surface area contributed by atoms with Gasteiger partial charge in [0.15, 0.2) is 0 Å². The zero-order valence-corrected chi connectivity index (χ0v) is 16.1. The Kier molecular flexibility index (Phi) is 4.78. The summed E-state index contributed by atoms with van der Waals surface area (Å²) < 4.78 is 40.8. The third-order valence-electron chi connectivity index (χ3n) is 4.84. The molecule has 2 aromatic heterocycles. The molecule has 0 saturated carbocycles. The van der Waals surface area contributed by atoms with Crippen LogP contribution in [0.2, 0.25) is 0 Å². The zero-order chi connectivity index (χ0) is 20.6. The molecule has 29 heavy (non-hydrogen) atoms. The van der Waals surface area contributed by atoms with Crippen LogP contribution in [-0.4, -0.2) is 9.38 Å². The number of pyridine rings is 1. The minimum Gasteiger partial charge on any atom is -0.365 e. The van der Waals surface area contributed by atoms with Gasteiger partial charge in [-0.3, -0.25) is 4.40 Å². The lowest BCUT2D eigenvalue weighted by Crippen LogP contribution is -2.06. The van der Waals surface area contributed by atoms with E-state index in [-0.39, 0.29) is 0 Å². The maximum atomic E-state index is 12.9. The van der Waals surface area contributed by atoms with Gasteiger partial charge in [0.2, 0.25) is 0 Å². The molecule has 0 aliphatic carbocycles. The fourth-order valence-corrected chi connectivity index (χ4v) is 3.49. The highest BCUT2D eigenvalue weighted by molar-refractivity contribution is 5.77. The van der Waals surface area contributed by atoms with Gasteiger partial charge in [-0.15, -0.1) is 0 Å². The van der Waals surface area contributed by atoms with E-state index in [1.165, 1.54) is 12.1 Å². The van der Waals surface area contributed by atoms with E-state index in [9.17, 15) is 13.2 Å². The third-order valence-corrected chi connectivity index (χ3v) is 4.84. The number of aryl methyl sites for hydroxylation is 2. The maximum Gasteiger partial charge on any atom is 0.416 e. The van der Waals surface area contributed by atoms with Gasteiger partial charge in [-0.2, -0.15) is 13.2 Å². The highest BCUT2D eigenvalue weighted by Crippen LogP contribution is 2.34. The van der Waals surface area contributed by atoms with Crippen molar-refractivity contribution in [2.75, 3.05) is 5.32 Å². The molecule has 0 bridgehead atoms. The van der Waals surface area contributed by atoms with E-state index < -0.39 is 11.7 Å². The van der Waals surface area contributed by atoms with Crippen LogP contribution in [0.15, 0.2) is 66.7 Å². The molecule has 0 saturated heterocycles. The van der Waals surface area contributed by atoms with E-state index in [1.807, 2.05) is 54.6 Å². The lowest BCUT2D eigenvalue weighted by molar-refractivity contribution is -0.137. The number of alkyl halides is 3. The number of benzene rings is 2. The first-order valence-corrected chi connectivity index (χ1v) is 9.28. The van der Waals surface area contributed by atoms with Crippen LogP contribution in [0.25, 0.3) is 16.9 Å². The Balaban J connectivity index is 1.81. The van der Waals surface area contributed by atoms with Crippen LogP contribution < -0.4 is 5.32 Å². The van der Waals surface area contributed by atoms with Crippen molar-refractivity contribution in [1.29, 1.82) is 0 Å². The van der Waals surface area contributed by atoms with Gasteiger partial charge in [-0.25, -0.2) is 4.98 Å². The van der Waals surface area contributed by atoms with E-state index in [0.717, 1.165) is 40.4 Å². The van der Waals surface area contributed by atoms with Crippen LogP contribution in [0.4, 0.5) is 19.0 Å². The van der Waals surface area contributed by atoms with E-state index in [1.54, 1.807) is 0 Å². The average Bonchev–Trinajstić information content (AvgIpc) is 3.05. The Bertz CT molecular complexity index is 1140. The number of hydrogen-bond donors (Lipinski definition) is 1. The second-order valence-corrected chi connectivity index (χ2v) is 7.09. The maximum absolute atomic E-state index is 12.9. The molecule has 0 spiro atoms. The highest BCUT2D eigenvalue weighted by Gasteiger charge is 2.30. The molecule has 0 radical (unpaired) electrons. The van der Waals surface area contributed by atoms with Gasteiger partial charge in [-0.05, 0) is 49.2 Å². The van der Waals surface area contributed by atoms with Gasteiger partial charge >= 0.3 is 6.18 Å². The molecule has 4 aromatic rings. The predicted octanol–water partition coefficient (Wildman–Crippen LogP) is 6.25. The monoisotopic (exact) mass is 395 g/mol. The SMILES string of the molecule is Cc1cc(C)n2c(NCc3ccccc3)c(-c3ccc(C(F)(F)F)cc3)nc2c1. The molecule has 148 valence electrons. The van der Waals surface area contributed by atoms with E-state index >= 15 is 0 Å². The number of hydrogen-bond acceptors (Lipinski definition) is 2. The smallest absolute Gasteiger partial charge is 0.365 e. The first-order chi connectivity index (χ1) is 13.8. The summed E-state index contributed by atoms with van der Waals surface area (Å²) in [5.74, 6) is 0.765. The van der Waals surface area contributed by atoms with E-state index in [0.29, 0.717) is 17.8 Å². The molecule has 4 rings (SSSR count). The van der Waals surface area contributed by atoms with Gasteiger partial charge in [0.1, 0.15) is 17.2 Å². The zero-order valence-electron chi connectivity index (χ0n) is 16.1. The summed E-state index contributed by atoms with van der Waals surface area (Å²) >= 11 is 0. The number of rotatable bonds is 4. The first-order valence-electron chi connectivity index (χ1n) is 9.28. The Morgan fingerprint density at radius 2 is 1.62 bits per heavy atom. The average molecular weight is 395 g/mol. The van der Waals surface area contributed by atoms with Crippen molar-refractivity contribution in [2.45, 2.75) is 26.6 Å². The lowest BCUT2D eigenvalue weighted by Gasteiger charge is -2.12. The minimum atomic E-state index is -4.36. The summed E-state index contributed by atoms with van der Waals surface area (Å²) in [5.41, 5.74) is 4.53. The van der Waals surface area contributed by atoms with Crippen molar-refractivity contribution in [3.8, 4) is 11.3 Å². The summed E-state index contributed by atoms with van der Waals surface area (Å²) in [6.07, 6.45) is -4.36. The summed E-state index contributed by atoms with van der Waals surface area (Å²) in [7, 11) is 0. The first kappa shape index (κ1) is 19.1. The Labute approximate surface area is 166 Å². The molecular weight excluding hydrogens is 375 g/mol. The molecule has 0 amide bonds. The fraction of sp³-hybridized carbons (Fsp3) is 0.174. The molecule has 0 fully saturated rings. The standard InChI is InChI=1S/C23H20F3N3/c1-15-12-16(2)29-20(13-15)28-21(18-8-10-19(11-9-18)23(24,25)26)22(29)27-14-17-6-4-3-5-7-17/h3-13,27H,14H2,1-2H3. The quantitative estimate of drug-likeness (QED) is 0.443. The third kappa shape index (κ3) is 3.83. The van der Waals surface area contributed by atoms with Crippen molar-refractivity contribution in [2.24, 2.45) is 0 Å². The Morgan fingerprint density at radius 3 is 2.28 bits per heavy atom. The highest BCUT2D eigenvalue weighted by atomic mass is 19.4. The van der Waals surface area contributed by atoms with Crippen LogP contribution >= 0.6 is 0 Å². The summed E-state index contributed by atoms with van der Waals surface area (Å²) in [6, 6.07) is 19.1. The molecule has 0 aliphatic rings. The van der Waals surface area contributed by atoms with Crippen LogP contribution in [0.1, 0.15) is 22.4 Å². The number of aromatic nitrogens is 2. The fourth-order valence-electron chi connectivity index (χ4n) is 3.49. The second kappa shape index (κ2) is 7.28. The van der Waals surface area contributed by atoms with Crippen LogP contribution in [0.5, 0.6) is 0 Å². The number of anilines is 1. The van der Waals surface area contributed by atoms with E-state index in [2.05, 4.69) is 11.4 Å².